The van der Waals surface area contributed by atoms with E-state index >= 15 is 0 Å². The number of hydrogen-bond donors (Lipinski definition) is 2. The maximum absolute atomic E-state index is 12.8. The summed E-state index contributed by atoms with van der Waals surface area (Å²) in [6.45, 7) is 2.67. The molecule has 0 fully saturated rings. The van der Waals surface area contributed by atoms with Crippen molar-refractivity contribution in [1.82, 2.24) is 10.3 Å². The maximum Gasteiger partial charge on any atom is 0.314 e. The normalized spacial score (nSPS) is 15.8. The van der Waals surface area contributed by atoms with Gasteiger partial charge in [0.2, 0.25) is 0 Å². The van der Waals surface area contributed by atoms with Gasteiger partial charge in [0.25, 0.3) is 5.91 Å². The lowest BCUT2D eigenvalue weighted by Gasteiger charge is -2.20. The second kappa shape index (κ2) is 7.89. The highest BCUT2D eigenvalue weighted by Crippen LogP contribution is 2.37. The van der Waals surface area contributed by atoms with Gasteiger partial charge in [-0.25, -0.2) is 0 Å². The number of aromatic amines is 1. The highest BCUT2D eigenvalue weighted by Gasteiger charge is 2.31. The Bertz CT molecular complexity index is 1010. The van der Waals surface area contributed by atoms with Crippen molar-refractivity contribution in [1.29, 1.82) is 0 Å². The van der Waals surface area contributed by atoms with Gasteiger partial charge < -0.3 is 15.0 Å². The van der Waals surface area contributed by atoms with Crippen LogP contribution in [0, 0.1) is 0 Å². The summed E-state index contributed by atoms with van der Waals surface area (Å²) in [4.78, 5) is 28.6. The first-order valence-corrected chi connectivity index (χ1v) is 9.81. The molecule has 0 spiro atoms. The molecule has 1 aliphatic rings. The Morgan fingerprint density at radius 2 is 1.96 bits per heavy atom. The molecule has 5 nitrogen and oxygen atoms in total. The van der Waals surface area contributed by atoms with E-state index in [1.54, 1.807) is 0 Å². The van der Waals surface area contributed by atoms with Crippen LogP contribution in [-0.4, -0.2) is 23.5 Å². The summed E-state index contributed by atoms with van der Waals surface area (Å²) in [7, 11) is 0. The van der Waals surface area contributed by atoms with Crippen LogP contribution in [0.5, 0.6) is 0 Å². The summed E-state index contributed by atoms with van der Waals surface area (Å²) in [5.74, 6) is -0.595. The Labute approximate surface area is 164 Å². The summed E-state index contributed by atoms with van der Waals surface area (Å²) in [6, 6.07) is 15.6. The number of aromatic nitrogens is 1. The largest absolute Gasteiger partial charge is 0.465 e. The van der Waals surface area contributed by atoms with Crippen LogP contribution in [0.3, 0.4) is 0 Å². The fourth-order valence-electron chi connectivity index (χ4n) is 4.03. The predicted molar refractivity (Wildman–Crippen MR) is 108 cm³/mol. The molecule has 3 aromatic rings. The van der Waals surface area contributed by atoms with Gasteiger partial charge in [-0.3, -0.25) is 9.59 Å². The number of carbonyl (C=O) groups excluding carboxylic acids is 2. The molecular weight excluding hydrogens is 352 g/mol. The van der Waals surface area contributed by atoms with Crippen LogP contribution < -0.4 is 5.32 Å². The molecule has 0 radical (unpaired) electrons. The van der Waals surface area contributed by atoms with E-state index in [2.05, 4.69) is 10.3 Å². The minimum absolute atomic E-state index is 0.124. The van der Waals surface area contributed by atoms with Crippen LogP contribution in [-0.2, 0) is 22.5 Å². The zero-order valence-corrected chi connectivity index (χ0v) is 16.0. The lowest BCUT2D eigenvalue weighted by atomic mass is 9.86. The first-order chi connectivity index (χ1) is 13.7. The summed E-state index contributed by atoms with van der Waals surface area (Å²) in [5.41, 5.74) is 4.50. The Kier molecular flexibility index (Phi) is 5.15. The second-order valence-corrected chi connectivity index (χ2v) is 7.11. The summed E-state index contributed by atoms with van der Waals surface area (Å²) in [5, 5.41) is 4.02. The number of hydrogen-bond acceptors (Lipinski definition) is 3. The van der Waals surface area contributed by atoms with Crippen molar-refractivity contribution in [3.05, 3.63) is 70.9 Å². The van der Waals surface area contributed by atoms with Crippen LogP contribution in [0.1, 0.15) is 52.9 Å². The third kappa shape index (κ3) is 3.40. The second-order valence-electron chi connectivity index (χ2n) is 7.11. The molecule has 0 saturated heterocycles. The molecule has 1 aliphatic carbocycles. The number of aryl methyl sites for hydroxylation is 1. The van der Waals surface area contributed by atoms with Crippen LogP contribution in [0.25, 0.3) is 10.9 Å². The molecule has 1 amide bonds. The number of rotatable bonds is 5. The van der Waals surface area contributed by atoms with Crippen molar-refractivity contribution in [2.24, 2.45) is 0 Å². The zero-order valence-electron chi connectivity index (χ0n) is 16.0. The van der Waals surface area contributed by atoms with Crippen LogP contribution in [0.15, 0.2) is 48.5 Å². The van der Waals surface area contributed by atoms with Crippen molar-refractivity contribution < 1.29 is 14.3 Å². The van der Waals surface area contributed by atoms with Gasteiger partial charge in [0.15, 0.2) is 0 Å². The van der Waals surface area contributed by atoms with Crippen LogP contribution >= 0.6 is 0 Å². The molecule has 1 atom stereocenters. The molecule has 5 heteroatoms. The number of ether oxygens (including phenoxy) is 1. The fourth-order valence-corrected chi connectivity index (χ4v) is 4.03. The third-order valence-electron chi connectivity index (χ3n) is 5.35. The minimum Gasteiger partial charge on any atom is -0.465 e. The van der Waals surface area contributed by atoms with E-state index < -0.39 is 0 Å². The molecule has 0 bridgehead atoms. The Hall–Kier alpha value is -3.08. The number of esters is 1. The molecule has 1 aromatic heterocycles. The fraction of sp³-hybridized carbons (Fsp3) is 0.304. The molecule has 4 rings (SSSR count). The van der Waals surface area contributed by atoms with Crippen LogP contribution in [0.4, 0.5) is 0 Å². The number of para-hydroxylation sites is 1. The van der Waals surface area contributed by atoms with E-state index in [1.165, 1.54) is 0 Å². The topological polar surface area (TPSA) is 71.2 Å². The molecule has 2 aromatic carbocycles. The smallest absolute Gasteiger partial charge is 0.314 e. The van der Waals surface area contributed by atoms with Crippen molar-refractivity contribution >= 4 is 22.8 Å². The SMILES string of the molecule is CCOC(=O)C1CCCc2c1[nH]c1c(C(=O)NCc3ccccc3)cccc21. The number of benzene rings is 2. The summed E-state index contributed by atoms with van der Waals surface area (Å²) in [6.07, 6.45) is 2.61. The lowest BCUT2D eigenvalue weighted by Crippen LogP contribution is -2.23. The van der Waals surface area contributed by atoms with Crippen molar-refractivity contribution in [3.63, 3.8) is 0 Å². The molecule has 28 heavy (non-hydrogen) atoms. The van der Waals surface area contributed by atoms with E-state index in [1.807, 2.05) is 55.5 Å². The van der Waals surface area contributed by atoms with Crippen LogP contribution in [0.2, 0.25) is 0 Å². The van der Waals surface area contributed by atoms with Crippen molar-refractivity contribution in [2.75, 3.05) is 6.61 Å². The van der Waals surface area contributed by atoms with Gasteiger partial charge in [0, 0.05) is 17.6 Å². The van der Waals surface area contributed by atoms with E-state index in [-0.39, 0.29) is 17.8 Å². The van der Waals surface area contributed by atoms with E-state index in [9.17, 15) is 9.59 Å². The first kappa shape index (κ1) is 18.3. The maximum atomic E-state index is 12.8. The molecule has 0 aliphatic heterocycles. The van der Waals surface area contributed by atoms with Gasteiger partial charge in [-0.1, -0.05) is 42.5 Å². The first-order valence-electron chi connectivity index (χ1n) is 9.81. The zero-order chi connectivity index (χ0) is 19.5. The van der Waals surface area contributed by atoms with Crippen molar-refractivity contribution in [3.8, 4) is 0 Å². The minimum atomic E-state index is -0.281. The molecule has 144 valence electrons. The molecule has 2 N–H and O–H groups in total. The van der Waals surface area contributed by atoms with E-state index in [0.717, 1.165) is 47.0 Å². The molecule has 1 heterocycles. The van der Waals surface area contributed by atoms with Gasteiger partial charge in [-0.15, -0.1) is 0 Å². The Morgan fingerprint density at radius 1 is 1.14 bits per heavy atom. The summed E-state index contributed by atoms with van der Waals surface area (Å²) < 4.78 is 5.26. The number of fused-ring (bicyclic) bond motifs is 3. The number of carbonyl (C=O) groups is 2. The Morgan fingerprint density at radius 3 is 2.75 bits per heavy atom. The van der Waals surface area contributed by atoms with E-state index in [0.29, 0.717) is 18.7 Å². The number of H-pyrrole nitrogens is 1. The molecule has 0 saturated carbocycles. The standard InChI is InChI=1S/C23H24N2O3/c1-2-28-23(27)19-13-7-11-17-16-10-6-12-18(20(16)25-21(17)19)22(26)24-14-15-8-4-3-5-9-15/h3-6,8-10,12,19,25H,2,7,11,13-14H2,1H3,(H,24,26). The highest BCUT2D eigenvalue weighted by atomic mass is 16.5. The quantitative estimate of drug-likeness (QED) is 0.659. The monoisotopic (exact) mass is 376 g/mol. The average molecular weight is 376 g/mol. The number of nitrogens with one attached hydrogen (secondary N) is 2. The number of amides is 1. The molecule has 1 unspecified atom stereocenters. The van der Waals surface area contributed by atoms with Gasteiger partial charge in [-0.2, -0.15) is 0 Å². The lowest BCUT2D eigenvalue weighted by molar-refractivity contribution is -0.145. The van der Waals surface area contributed by atoms with Gasteiger partial charge in [0.05, 0.1) is 23.6 Å². The predicted octanol–water partition coefficient (Wildman–Crippen LogP) is 4.08. The Balaban J connectivity index is 1.65. The third-order valence-corrected chi connectivity index (χ3v) is 5.35. The van der Waals surface area contributed by atoms with Gasteiger partial charge >= 0.3 is 5.97 Å². The van der Waals surface area contributed by atoms with Crippen molar-refractivity contribution in [2.45, 2.75) is 38.6 Å². The summed E-state index contributed by atoms with van der Waals surface area (Å²) >= 11 is 0. The van der Waals surface area contributed by atoms with E-state index in [4.69, 9.17) is 4.74 Å². The average Bonchev–Trinajstić information content (AvgIpc) is 3.11. The van der Waals surface area contributed by atoms with Gasteiger partial charge in [0.1, 0.15) is 0 Å². The van der Waals surface area contributed by atoms with Gasteiger partial charge in [-0.05, 0) is 43.4 Å². The molecular formula is C23H24N2O3. The highest BCUT2D eigenvalue weighted by molar-refractivity contribution is 6.07.